The highest BCUT2D eigenvalue weighted by atomic mass is 16.6. The number of allylic oxidation sites excluding steroid dienone is 8. The highest BCUT2D eigenvalue weighted by Crippen LogP contribution is 2.68. The minimum Gasteiger partial charge on any atom is -0.507 e. The number of hydrogen-bond donors (Lipinski definition) is 2. The van der Waals surface area contributed by atoms with Gasteiger partial charge in [-0.1, -0.05) is 41.0 Å². The van der Waals surface area contributed by atoms with Gasteiger partial charge in [0, 0.05) is 35.0 Å². The van der Waals surface area contributed by atoms with E-state index in [-0.39, 0.29) is 59.3 Å². The van der Waals surface area contributed by atoms with Crippen LogP contribution in [0.15, 0.2) is 58.4 Å². The van der Waals surface area contributed by atoms with Crippen molar-refractivity contribution < 1.29 is 38.8 Å². The topological polar surface area (TPSA) is 119 Å². The van der Waals surface area contributed by atoms with Gasteiger partial charge in [0.2, 0.25) is 0 Å². The lowest BCUT2D eigenvalue weighted by atomic mass is 9.51. The molecule has 1 spiro atoms. The van der Waals surface area contributed by atoms with E-state index in [1.807, 2.05) is 46.8 Å². The number of phenolic OH excluding ortho intramolecular Hbond substituents is 2. The molecule has 0 radical (unpaired) electrons. The molecule has 1 saturated carbocycles. The van der Waals surface area contributed by atoms with Gasteiger partial charge in [-0.2, -0.15) is 0 Å². The molecule has 8 heteroatoms. The fraction of sp³-hybridized carbons (Fsp3) is 0.500. The number of hydrogen-bond acceptors (Lipinski definition) is 8. The average molecular weight is 631 g/mol. The standard InChI is InChI=1S/C38H46O8/c1-21(2)10-9-11-23(5)13-15-26-31(40)27(14-12-22(3)4)34-30(32(26)41)33(42)28-18-25-19-29-36(7,8)46-37(35(25)43,38(28,29)45-34)17-16-24(6)44-20-39/h10,12-13,16,18,20,25,29,40-41H,9,11,14-15,17,19H2,1-8H3/b23-13+,24-16-/t25-,29?,37?,38-/m1/s1. The molecular formula is C38H46O8. The Labute approximate surface area is 271 Å². The van der Waals surface area contributed by atoms with Crippen molar-refractivity contribution in [1.82, 2.24) is 0 Å². The molecule has 1 saturated heterocycles. The number of ether oxygens (including phenoxy) is 3. The highest BCUT2D eigenvalue weighted by Gasteiger charge is 2.81. The first-order chi connectivity index (χ1) is 21.6. The molecule has 1 aromatic carbocycles. The number of carbonyl (C=O) groups is 3. The van der Waals surface area contributed by atoms with Crippen molar-refractivity contribution >= 4 is 18.0 Å². The maximum absolute atomic E-state index is 14.7. The van der Waals surface area contributed by atoms with Gasteiger partial charge < -0.3 is 24.4 Å². The van der Waals surface area contributed by atoms with Crippen LogP contribution in [-0.4, -0.2) is 45.1 Å². The van der Waals surface area contributed by atoms with Crippen molar-refractivity contribution in [1.29, 1.82) is 0 Å². The van der Waals surface area contributed by atoms with Crippen LogP contribution in [0.5, 0.6) is 17.2 Å². The number of aromatic hydroxyl groups is 2. The zero-order valence-corrected chi connectivity index (χ0v) is 28.2. The summed E-state index contributed by atoms with van der Waals surface area (Å²) in [7, 11) is 0. The second-order valence-electron chi connectivity index (χ2n) is 14.2. The summed E-state index contributed by atoms with van der Waals surface area (Å²) in [6.45, 7) is 15.7. The molecule has 2 N–H and O–H groups in total. The average Bonchev–Trinajstić information content (AvgIpc) is 3.12. The van der Waals surface area contributed by atoms with Crippen molar-refractivity contribution in [3.63, 3.8) is 0 Å². The second-order valence-corrected chi connectivity index (χ2v) is 14.2. The lowest BCUT2D eigenvalue weighted by Crippen LogP contribution is -2.72. The molecule has 5 aliphatic rings. The van der Waals surface area contributed by atoms with Crippen LogP contribution in [0.2, 0.25) is 0 Å². The summed E-state index contributed by atoms with van der Waals surface area (Å²) in [5.41, 5.74) is 0.344. The lowest BCUT2D eigenvalue weighted by molar-refractivity contribution is -0.171. The summed E-state index contributed by atoms with van der Waals surface area (Å²) in [6, 6.07) is 0. The number of phenols is 2. The third-order valence-electron chi connectivity index (χ3n) is 10.1. The Morgan fingerprint density at radius 3 is 2.28 bits per heavy atom. The van der Waals surface area contributed by atoms with Crippen LogP contribution in [-0.2, 0) is 31.9 Å². The molecule has 4 bridgehead atoms. The van der Waals surface area contributed by atoms with E-state index in [1.165, 1.54) is 5.57 Å². The maximum Gasteiger partial charge on any atom is 0.298 e. The van der Waals surface area contributed by atoms with Gasteiger partial charge in [0.1, 0.15) is 28.6 Å². The van der Waals surface area contributed by atoms with Crippen molar-refractivity contribution in [2.45, 2.75) is 111 Å². The van der Waals surface area contributed by atoms with E-state index < -0.39 is 28.5 Å². The fourth-order valence-electron chi connectivity index (χ4n) is 7.83. The van der Waals surface area contributed by atoms with Crippen LogP contribution < -0.4 is 4.74 Å². The number of fused-ring (bicyclic) bond motifs is 1. The minimum absolute atomic E-state index is 0.000733. The molecule has 2 fully saturated rings. The number of benzene rings is 1. The summed E-state index contributed by atoms with van der Waals surface area (Å²) in [6.07, 6.45) is 12.0. The van der Waals surface area contributed by atoms with Gasteiger partial charge in [-0.05, 0) is 93.6 Å². The molecule has 2 heterocycles. The van der Waals surface area contributed by atoms with Gasteiger partial charge in [0.25, 0.3) is 6.47 Å². The van der Waals surface area contributed by atoms with Crippen molar-refractivity contribution in [3.8, 4) is 17.2 Å². The molecule has 6 rings (SSSR count). The van der Waals surface area contributed by atoms with Crippen molar-refractivity contribution in [2.24, 2.45) is 11.8 Å². The Bertz CT molecular complexity index is 1640. The zero-order valence-electron chi connectivity index (χ0n) is 28.2. The molecular weight excluding hydrogens is 584 g/mol. The normalized spacial score (nSPS) is 27.3. The molecule has 4 atom stereocenters. The molecule has 0 amide bonds. The second kappa shape index (κ2) is 12.0. The summed E-state index contributed by atoms with van der Waals surface area (Å²) >= 11 is 0. The van der Waals surface area contributed by atoms with Crippen molar-refractivity contribution in [3.05, 3.63) is 75.1 Å². The van der Waals surface area contributed by atoms with E-state index in [9.17, 15) is 24.6 Å². The van der Waals surface area contributed by atoms with E-state index in [2.05, 4.69) is 19.9 Å². The van der Waals surface area contributed by atoms with Crippen LogP contribution in [0.3, 0.4) is 0 Å². The number of ketones is 2. The zero-order chi connectivity index (χ0) is 33.8. The van der Waals surface area contributed by atoms with Gasteiger partial charge in [-0.15, -0.1) is 0 Å². The molecule has 46 heavy (non-hydrogen) atoms. The Hall–Kier alpha value is -3.91. The largest absolute Gasteiger partial charge is 0.507 e. The molecule has 8 nitrogen and oxygen atoms in total. The highest BCUT2D eigenvalue weighted by molar-refractivity contribution is 6.18. The number of rotatable bonds is 11. The van der Waals surface area contributed by atoms with Gasteiger partial charge in [0.15, 0.2) is 22.8 Å². The molecule has 246 valence electrons. The van der Waals surface area contributed by atoms with Crippen LogP contribution >= 0.6 is 0 Å². The van der Waals surface area contributed by atoms with E-state index in [1.54, 1.807) is 19.1 Å². The fourth-order valence-corrected chi connectivity index (χ4v) is 7.83. The van der Waals surface area contributed by atoms with Crippen LogP contribution in [0.1, 0.15) is 103 Å². The number of Topliss-reactive ketones (excluding diaryl/α,β-unsaturated/α-hetero) is 2. The van der Waals surface area contributed by atoms with E-state index in [0.717, 1.165) is 24.0 Å². The first-order valence-corrected chi connectivity index (χ1v) is 16.1. The maximum atomic E-state index is 14.7. The Kier molecular flexibility index (Phi) is 8.75. The van der Waals surface area contributed by atoms with Crippen LogP contribution in [0, 0.1) is 11.8 Å². The predicted molar refractivity (Wildman–Crippen MR) is 175 cm³/mol. The third-order valence-corrected chi connectivity index (χ3v) is 10.1. The monoisotopic (exact) mass is 630 g/mol. The Balaban J connectivity index is 1.70. The summed E-state index contributed by atoms with van der Waals surface area (Å²) in [4.78, 5) is 39.9. The third kappa shape index (κ3) is 5.15. The minimum atomic E-state index is -1.59. The van der Waals surface area contributed by atoms with Gasteiger partial charge in [-0.25, -0.2) is 0 Å². The van der Waals surface area contributed by atoms with Crippen LogP contribution in [0.25, 0.3) is 0 Å². The Morgan fingerprint density at radius 2 is 1.63 bits per heavy atom. The first kappa shape index (κ1) is 33.5. The van der Waals surface area contributed by atoms with Crippen molar-refractivity contribution in [2.75, 3.05) is 0 Å². The smallest absolute Gasteiger partial charge is 0.298 e. The quantitative estimate of drug-likeness (QED) is 0.148. The van der Waals surface area contributed by atoms with E-state index in [0.29, 0.717) is 29.8 Å². The summed E-state index contributed by atoms with van der Waals surface area (Å²) < 4.78 is 18.7. The predicted octanol–water partition coefficient (Wildman–Crippen LogP) is 7.32. The molecule has 2 unspecified atom stereocenters. The Morgan fingerprint density at radius 1 is 0.957 bits per heavy atom. The lowest BCUT2D eigenvalue weighted by Gasteiger charge is -2.56. The van der Waals surface area contributed by atoms with Crippen LogP contribution in [0.4, 0.5) is 0 Å². The summed E-state index contributed by atoms with van der Waals surface area (Å²) in [5.74, 6) is -1.66. The molecule has 1 aromatic rings. The first-order valence-electron chi connectivity index (χ1n) is 16.1. The van der Waals surface area contributed by atoms with E-state index in [4.69, 9.17) is 14.2 Å². The molecule has 0 aromatic heterocycles. The number of carbonyl (C=O) groups excluding carboxylic acids is 3. The van der Waals surface area contributed by atoms with Gasteiger partial charge >= 0.3 is 0 Å². The SMILES string of the molecule is CC(C)=CCC/C(C)=C/Cc1c(O)c(CC=C(C)C)c2c(c1O)C(=O)C1=C[C@@H]3CC4C(C)(C)OC(C/C=C(/C)OC=O)(C3=O)[C@@]14O2. The van der Waals surface area contributed by atoms with E-state index >= 15 is 0 Å². The van der Waals surface area contributed by atoms with Gasteiger partial charge in [-0.3, -0.25) is 14.4 Å². The molecule has 2 aliphatic heterocycles. The molecule has 3 aliphatic carbocycles. The summed E-state index contributed by atoms with van der Waals surface area (Å²) in [5, 5.41) is 23.5. The van der Waals surface area contributed by atoms with Gasteiger partial charge in [0.05, 0.1) is 5.60 Å².